The van der Waals surface area contributed by atoms with Gasteiger partial charge < -0.3 is 10.4 Å². The number of carbonyl (C=O) groups excluding carboxylic acids is 1. The van der Waals surface area contributed by atoms with E-state index in [2.05, 4.69) is 5.32 Å². The fourth-order valence-corrected chi connectivity index (χ4v) is 0.583. The number of hydrogen-bond donors (Lipinski definition) is 2. The van der Waals surface area contributed by atoms with Gasteiger partial charge in [-0.25, -0.2) is 0 Å². The second-order valence-corrected chi connectivity index (χ2v) is 2.34. The van der Waals surface area contributed by atoms with Crippen LogP contribution < -0.4 is 5.32 Å². The van der Waals surface area contributed by atoms with Gasteiger partial charge in [0.2, 0.25) is 0 Å². The largest absolute Gasteiger partial charge is 0.454 e. The summed E-state index contributed by atoms with van der Waals surface area (Å²) in [5.41, 5.74) is 0.0800. The fraction of sp³-hybridized carbons (Fsp3) is 0.571. The number of alkyl halides is 3. The Morgan fingerprint density at radius 2 is 2.08 bits per heavy atom. The van der Waals surface area contributed by atoms with Gasteiger partial charge in [0.25, 0.3) is 5.78 Å². The molecule has 0 heterocycles. The van der Waals surface area contributed by atoms with Crippen LogP contribution in [0.4, 0.5) is 13.2 Å². The van der Waals surface area contributed by atoms with Gasteiger partial charge in [-0.15, -0.1) is 0 Å². The van der Waals surface area contributed by atoms with Gasteiger partial charge in [-0.1, -0.05) is 0 Å². The Hall–Kier alpha value is -1.04. The van der Waals surface area contributed by atoms with Crippen molar-refractivity contribution in [3.8, 4) is 0 Å². The van der Waals surface area contributed by atoms with Gasteiger partial charge >= 0.3 is 6.18 Å². The molecule has 0 fully saturated rings. The topological polar surface area (TPSA) is 49.3 Å². The van der Waals surface area contributed by atoms with E-state index < -0.39 is 12.0 Å². The number of aliphatic hydroxyl groups excluding tert-OH is 1. The number of aliphatic hydroxyl groups is 1. The zero-order valence-corrected chi connectivity index (χ0v) is 6.98. The highest BCUT2D eigenvalue weighted by molar-refractivity contribution is 5.94. The van der Waals surface area contributed by atoms with Crippen LogP contribution in [0.3, 0.4) is 0 Å². The van der Waals surface area contributed by atoms with Gasteiger partial charge in [0.15, 0.2) is 0 Å². The quantitative estimate of drug-likeness (QED) is 0.649. The summed E-state index contributed by atoms with van der Waals surface area (Å²) in [7, 11) is 0. The molecule has 2 N–H and O–H groups in total. The molecule has 0 atom stereocenters. The molecule has 0 amide bonds. The Bertz CT molecular complexity index is 210. The van der Waals surface area contributed by atoms with Crippen LogP contribution in [0, 0.1) is 0 Å². The first kappa shape index (κ1) is 12.0. The predicted molar refractivity (Wildman–Crippen MR) is 39.9 cm³/mol. The second-order valence-electron chi connectivity index (χ2n) is 2.34. The lowest BCUT2D eigenvalue weighted by Crippen LogP contribution is -2.23. The van der Waals surface area contributed by atoms with Gasteiger partial charge in [-0.05, 0) is 6.92 Å². The number of rotatable bonds is 4. The number of hydrogen-bond acceptors (Lipinski definition) is 3. The van der Waals surface area contributed by atoms with Crippen LogP contribution in [-0.4, -0.2) is 30.2 Å². The van der Waals surface area contributed by atoms with Gasteiger partial charge in [-0.2, -0.15) is 13.2 Å². The zero-order valence-electron chi connectivity index (χ0n) is 6.98. The molecular weight excluding hydrogens is 187 g/mol. The molecule has 6 heteroatoms. The van der Waals surface area contributed by atoms with Crippen molar-refractivity contribution in [1.82, 2.24) is 5.32 Å². The van der Waals surface area contributed by atoms with Crippen molar-refractivity contribution in [2.24, 2.45) is 0 Å². The molecule has 0 aromatic carbocycles. The van der Waals surface area contributed by atoms with E-state index in [0.717, 1.165) is 0 Å². The maximum absolute atomic E-state index is 11.7. The van der Waals surface area contributed by atoms with Crippen molar-refractivity contribution in [2.75, 3.05) is 13.2 Å². The predicted octanol–water partition coefficient (Wildman–Crippen LogP) is 0.603. The highest BCUT2D eigenvalue weighted by atomic mass is 19.4. The number of nitrogens with one attached hydrogen (secondary N) is 1. The number of halogens is 3. The van der Waals surface area contributed by atoms with E-state index in [-0.39, 0.29) is 18.8 Å². The first-order valence-corrected chi connectivity index (χ1v) is 3.52. The van der Waals surface area contributed by atoms with Crippen LogP contribution in [0.25, 0.3) is 0 Å². The molecule has 0 aromatic rings. The van der Waals surface area contributed by atoms with Crippen molar-refractivity contribution in [2.45, 2.75) is 13.1 Å². The molecule has 0 unspecified atom stereocenters. The van der Waals surface area contributed by atoms with E-state index in [0.29, 0.717) is 6.08 Å². The molecular formula is C7H10F3NO2. The van der Waals surface area contributed by atoms with E-state index in [9.17, 15) is 18.0 Å². The monoisotopic (exact) mass is 197 g/mol. The fourth-order valence-electron chi connectivity index (χ4n) is 0.583. The summed E-state index contributed by atoms with van der Waals surface area (Å²) >= 11 is 0. The van der Waals surface area contributed by atoms with Gasteiger partial charge in [0.05, 0.1) is 6.61 Å². The summed E-state index contributed by atoms with van der Waals surface area (Å²) in [6.07, 6.45) is -4.38. The van der Waals surface area contributed by atoms with Crippen molar-refractivity contribution in [3.63, 3.8) is 0 Å². The molecule has 3 nitrogen and oxygen atoms in total. The van der Waals surface area contributed by atoms with Crippen molar-refractivity contribution in [1.29, 1.82) is 0 Å². The van der Waals surface area contributed by atoms with Crippen LogP contribution in [0.5, 0.6) is 0 Å². The maximum Gasteiger partial charge on any atom is 0.454 e. The minimum absolute atomic E-state index is 0.0800. The van der Waals surface area contributed by atoms with Gasteiger partial charge in [0.1, 0.15) is 0 Å². The summed E-state index contributed by atoms with van der Waals surface area (Å²) in [5, 5.41) is 10.7. The lowest BCUT2D eigenvalue weighted by molar-refractivity contribution is -0.165. The summed E-state index contributed by atoms with van der Waals surface area (Å²) in [4.78, 5) is 10.3. The first-order chi connectivity index (χ1) is 5.88. The average molecular weight is 197 g/mol. The normalized spacial score (nSPS) is 12.8. The van der Waals surface area contributed by atoms with E-state index >= 15 is 0 Å². The van der Waals surface area contributed by atoms with Crippen LogP contribution in [-0.2, 0) is 4.79 Å². The summed E-state index contributed by atoms with van der Waals surface area (Å²) in [6, 6.07) is 0. The summed E-state index contributed by atoms with van der Waals surface area (Å²) < 4.78 is 35.0. The SMILES string of the molecule is CC(=CC(=O)C(F)(F)F)NCCO. The molecule has 13 heavy (non-hydrogen) atoms. The molecule has 0 saturated heterocycles. The molecule has 0 saturated carbocycles. The number of allylic oxidation sites excluding steroid dienone is 2. The minimum atomic E-state index is -4.83. The van der Waals surface area contributed by atoms with Gasteiger partial charge in [0, 0.05) is 18.3 Å². The molecule has 0 aliphatic carbocycles. The average Bonchev–Trinajstić information content (AvgIpc) is 1.99. The Morgan fingerprint density at radius 3 is 2.46 bits per heavy atom. The lowest BCUT2D eigenvalue weighted by Gasteiger charge is -2.05. The van der Waals surface area contributed by atoms with Crippen molar-refractivity contribution in [3.05, 3.63) is 11.8 Å². The highest BCUT2D eigenvalue weighted by Gasteiger charge is 2.36. The number of ketones is 1. The van der Waals surface area contributed by atoms with Crippen molar-refractivity contribution < 1.29 is 23.1 Å². The van der Waals surface area contributed by atoms with Crippen LogP contribution in [0.2, 0.25) is 0 Å². The van der Waals surface area contributed by atoms with Crippen LogP contribution >= 0.6 is 0 Å². The third-order valence-corrected chi connectivity index (χ3v) is 1.14. The summed E-state index contributed by atoms with van der Waals surface area (Å²) in [5.74, 6) is -1.91. The minimum Gasteiger partial charge on any atom is -0.395 e. The Balaban J connectivity index is 4.15. The third kappa shape index (κ3) is 5.24. The Kier molecular flexibility index (Phi) is 4.47. The smallest absolute Gasteiger partial charge is 0.395 e. The van der Waals surface area contributed by atoms with E-state index in [4.69, 9.17) is 5.11 Å². The maximum atomic E-state index is 11.7. The lowest BCUT2D eigenvalue weighted by atomic mass is 10.3. The standard InChI is InChI=1S/C7H10F3NO2/c1-5(11-2-3-12)4-6(13)7(8,9)10/h4,11-12H,2-3H2,1H3. The van der Waals surface area contributed by atoms with Crippen LogP contribution in [0.15, 0.2) is 11.8 Å². The zero-order chi connectivity index (χ0) is 10.5. The Labute approximate surface area is 73.2 Å². The van der Waals surface area contributed by atoms with Crippen molar-refractivity contribution >= 4 is 5.78 Å². The number of carbonyl (C=O) groups is 1. The van der Waals surface area contributed by atoms with E-state index in [1.54, 1.807) is 0 Å². The Morgan fingerprint density at radius 1 is 1.54 bits per heavy atom. The van der Waals surface area contributed by atoms with E-state index in [1.165, 1.54) is 6.92 Å². The second kappa shape index (κ2) is 4.86. The molecule has 0 spiro atoms. The molecule has 0 radical (unpaired) electrons. The van der Waals surface area contributed by atoms with Crippen LogP contribution in [0.1, 0.15) is 6.92 Å². The molecule has 0 aromatic heterocycles. The molecule has 0 bridgehead atoms. The molecule has 0 aliphatic heterocycles. The molecule has 0 aliphatic rings. The summed E-state index contributed by atoms with van der Waals surface area (Å²) in [6.45, 7) is 1.23. The molecule has 0 rings (SSSR count). The van der Waals surface area contributed by atoms with E-state index in [1.807, 2.05) is 0 Å². The third-order valence-electron chi connectivity index (χ3n) is 1.14. The highest BCUT2D eigenvalue weighted by Crippen LogP contribution is 2.16. The first-order valence-electron chi connectivity index (χ1n) is 3.52. The molecule has 76 valence electrons. The van der Waals surface area contributed by atoms with Gasteiger partial charge in [-0.3, -0.25) is 4.79 Å².